The van der Waals surface area contributed by atoms with E-state index in [1.165, 1.54) is 5.39 Å². The molecule has 0 spiro atoms. The lowest BCUT2D eigenvalue weighted by Crippen LogP contribution is -2.10. The van der Waals surface area contributed by atoms with Crippen LogP contribution >= 0.6 is 0 Å². The van der Waals surface area contributed by atoms with E-state index < -0.39 is 0 Å². The lowest BCUT2D eigenvalue weighted by atomic mass is 10.1. The Bertz CT molecular complexity index is 1100. The van der Waals surface area contributed by atoms with Crippen LogP contribution in [0, 0.1) is 0 Å². The number of hydrogen-bond donors (Lipinski definition) is 1. The summed E-state index contributed by atoms with van der Waals surface area (Å²) in [5.74, 6) is 2.42. The predicted octanol–water partition coefficient (Wildman–Crippen LogP) is 4.20. The summed E-state index contributed by atoms with van der Waals surface area (Å²) in [6.45, 7) is 1.67. The number of ether oxygens (including phenoxy) is 3. The Hall–Kier alpha value is -3.18. The van der Waals surface area contributed by atoms with Crippen molar-refractivity contribution in [3.05, 3.63) is 66.2 Å². The maximum atomic E-state index is 5.93. The second-order valence-electron chi connectivity index (χ2n) is 6.61. The van der Waals surface area contributed by atoms with Crippen LogP contribution in [0.15, 0.2) is 60.7 Å². The fraction of sp³-hybridized carbons (Fsp3) is 0.217. The van der Waals surface area contributed by atoms with Gasteiger partial charge in [-0.05, 0) is 35.9 Å². The average Bonchev–Trinajstić information content (AvgIpc) is 3.06. The summed E-state index contributed by atoms with van der Waals surface area (Å²) in [4.78, 5) is 0. The highest BCUT2D eigenvalue weighted by atomic mass is 16.5. The monoisotopic (exact) mass is 376 g/mol. The minimum absolute atomic E-state index is 0.485. The van der Waals surface area contributed by atoms with Crippen LogP contribution in [0.5, 0.6) is 17.2 Å². The van der Waals surface area contributed by atoms with Gasteiger partial charge in [-0.1, -0.05) is 24.3 Å². The molecule has 1 aromatic heterocycles. The van der Waals surface area contributed by atoms with Crippen LogP contribution in [-0.2, 0) is 6.54 Å². The van der Waals surface area contributed by atoms with Crippen LogP contribution in [0.3, 0.4) is 0 Å². The van der Waals surface area contributed by atoms with Crippen LogP contribution < -0.4 is 19.9 Å². The highest BCUT2D eigenvalue weighted by Crippen LogP contribution is 2.36. The number of nitrogens with two attached hydrogens (primary N) is 1. The molecular weight excluding hydrogens is 352 g/mol. The summed E-state index contributed by atoms with van der Waals surface area (Å²) in [7, 11) is 3.33. The van der Waals surface area contributed by atoms with Gasteiger partial charge in [0.25, 0.3) is 0 Å². The first-order valence-corrected chi connectivity index (χ1v) is 9.30. The zero-order valence-corrected chi connectivity index (χ0v) is 16.1. The number of para-hydroxylation sites is 1. The molecule has 0 fully saturated rings. The first-order chi connectivity index (χ1) is 13.7. The molecule has 4 aromatic rings. The Morgan fingerprint density at radius 2 is 1.57 bits per heavy atom. The van der Waals surface area contributed by atoms with Gasteiger partial charge in [0, 0.05) is 35.4 Å². The van der Waals surface area contributed by atoms with Crippen molar-refractivity contribution in [2.75, 3.05) is 27.4 Å². The molecule has 1 heterocycles. The van der Waals surface area contributed by atoms with E-state index in [9.17, 15) is 0 Å². The Morgan fingerprint density at radius 1 is 0.857 bits per heavy atom. The van der Waals surface area contributed by atoms with Gasteiger partial charge in [-0.2, -0.15) is 0 Å². The van der Waals surface area contributed by atoms with E-state index in [1.807, 2.05) is 30.3 Å². The second kappa shape index (κ2) is 7.82. The van der Waals surface area contributed by atoms with E-state index in [2.05, 4.69) is 34.9 Å². The number of fused-ring (bicyclic) bond motifs is 3. The van der Waals surface area contributed by atoms with Crippen molar-refractivity contribution in [3.8, 4) is 17.2 Å². The molecule has 0 atom stereocenters. The molecule has 0 radical (unpaired) electrons. The topological polar surface area (TPSA) is 58.6 Å². The van der Waals surface area contributed by atoms with Crippen molar-refractivity contribution in [1.82, 2.24) is 4.57 Å². The van der Waals surface area contributed by atoms with Crippen molar-refractivity contribution in [2.45, 2.75) is 6.54 Å². The molecular formula is C23H24N2O3. The molecule has 5 nitrogen and oxygen atoms in total. The van der Waals surface area contributed by atoms with Gasteiger partial charge >= 0.3 is 0 Å². The zero-order valence-electron chi connectivity index (χ0n) is 16.1. The number of hydrogen-bond acceptors (Lipinski definition) is 4. The van der Waals surface area contributed by atoms with Crippen molar-refractivity contribution < 1.29 is 14.2 Å². The summed E-state index contributed by atoms with van der Waals surface area (Å²) in [5.41, 5.74) is 9.02. The number of benzene rings is 3. The number of rotatable bonds is 7. The van der Waals surface area contributed by atoms with E-state index in [4.69, 9.17) is 19.9 Å². The molecule has 5 heteroatoms. The Labute approximate surface area is 164 Å². The van der Waals surface area contributed by atoms with Gasteiger partial charge in [-0.3, -0.25) is 0 Å². The number of aromatic nitrogens is 1. The minimum atomic E-state index is 0.485. The molecule has 0 bridgehead atoms. The fourth-order valence-corrected chi connectivity index (χ4v) is 3.67. The van der Waals surface area contributed by atoms with Crippen LogP contribution in [0.1, 0.15) is 5.56 Å². The molecule has 0 unspecified atom stereocenters. The SMILES string of the molecule is COc1cc(Cn2c3ccccc3c3c(OCCN)cccc32)cc(OC)c1. The van der Waals surface area contributed by atoms with Gasteiger partial charge < -0.3 is 24.5 Å². The Balaban J connectivity index is 1.89. The van der Waals surface area contributed by atoms with Crippen molar-refractivity contribution >= 4 is 21.8 Å². The first kappa shape index (κ1) is 18.2. The summed E-state index contributed by atoms with van der Waals surface area (Å²) in [6.07, 6.45) is 0. The normalized spacial score (nSPS) is 11.1. The van der Waals surface area contributed by atoms with Crippen LogP contribution in [0.25, 0.3) is 21.8 Å². The van der Waals surface area contributed by atoms with Gasteiger partial charge in [0.05, 0.1) is 19.7 Å². The largest absolute Gasteiger partial charge is 0.497 e. The Kier molecular flexibility index (Phi) is 5.08. The highest BCUT2D eigenvalue weighted by molar-refractivity contribution is 6.11. The smallest absolute Gasteiger partial charge is 0.129 e. The quantitative estimate of drug-likeness (QED) is 0.525. The summed E-state index contributed by atoms with van der Waals surface area (Å²) in [5, 5.41) is 2.28. The molecule has 4 rings (SSSR count). The fourth-order valence-electron chi connectivity index (χ4n) is 3.67. The van der Waals surface area contributed by atoms with Gasteiger partial charge in [0.1, 0.15) is 23.9 Å². The summed E-state index contributed by atoms with van der Waals surface area (Å²) < 4.78 is 19.1. The lowest BCUT2D eigenvalue weighted by Gasteiger charge is -2.12. The van der Waals surface area contributed by atoms with E-state index in [1.54, 1.807) is 14.2 Å². The Morgan fingerprint density at radius 3 is 2.29 bits per heavy atom. The van der Waals surface area contributed by atoms with Gasteiger partial charge in [0.2, 0.25) is 0 Å². The van der Waals surface area contributed by atoms with E-state index in [-0.39, 0.29) is 0 Å². The van der Waals surface area contributed by atoms with E-state index in [0.29, 0.717) is 19.7 Å². The van der Waals surface area contributed by atoms with Crippen LogP contribution in [0.4, 0.5) is 0 Å². The average molecular weight is 376 g/mol. The maximum Gasteiger partial charge on any atom is 0.129 e. The lowest BCUT2D eigenvalue weighted by molar-refractivity contribution is 0.332. The van der Waals surface area contributed by atoms with E-state index in [0.717, 1.165) is 39.2 Å². The van der Waals surface area contributed by atoms with Gasteiger partial charge in [-0.15, -0.1) is 0 Å². The van der Waals surface area contributed by atoms with Crippen molar-refractivity contribution in [2.24, 2.45) is 5.73 Å². The molecule has 0 aliphatic carbocycles. The zero-order chi connectivity index (χ0) is 19.5. The van der Waals surface area contributed by atoms with Gasteiger partial charge in [-0.25, -0.2) is 0 Å². The molecule has 2 N–H and O–H groups in total. The van der Waals surface area contributed by atoms with E-state index >= 15 is 0 Å². The van der Waals surface area contributed by atoms with Crippen molar-refractivity contribution in [1.29, 1.82) is 0 Å². The molecule has 0 saturated carbocycles. The third-order valence-electron chi connectivity index (χ3n) is 4.89. The molecule has 3 aromatic carbocycles. The molecule has 0 aliphatic heterocycles. The molecule has 144 valence electrons. The third-order valence-corrected chi connectivity index (χ3v) is 4.89. The summed E-state index contributed by atoms with van der Waals surface area (Å²) >= 11 is 0. The molecule has 0 saturated heterocycles. The van der Waals surface area contributed by atoms with Gasteiger partial charge in [0.15, 0.2) is 0 Å². The number of nitrogens with zero attached hydrogens (tertiary/aromatic N) is 1. The summed E-state index contributed by atoms with van der Waals surface area (Å²) in [6, 6.07) is 20.5. The predicted molar refractivity (Wildman–Crippen MR) is 113 cm³/mol. The standard InChI is InChI=1S/C23H24N2O3/c1-26-17-12-16(13-18(14-17)27-2)15-25-20-7-4-3-6-19(20)23-21(25)8-5-9-22(23)28-11-10-24/h3-9,12-14H,10-11,15,24H2,1-2H3. The third kappa shape index (κ3) is 3.25. The first-order valence-electron chi connectivity index (χ1n) is 9.30. The maximum absolute atomic E-state index is 5.93. The van der Waals surface area contributed by atoms with Crippen molar-refractivity contribution in [3.63, 3.8) is 0 Å². The van der Waals surface area contributed by atoms with Crippen LogP contribution in [-0.4, -0.2) is 31.9 Å². The molecule has 28 heavy (non-hydrogen) atoms. The number of methoxy groups -OCH3 is 2. The highest BCUT2D eigenvalue weighted by Gasteiger charge is 2.15. The second-order valence-corrected chi connectivity index (χ2v) is 6.61. The minimum Gasteiger partial charge on any atom is -0.497 e. The molecule has 0 aliphatic rings. The van der Waals surface area contributed by atoms with Crippen LogP contribution in [0.2, 0.25) is 0 Å². The molecule has 0 amide bonds.